The van der Waals surface area contributed by atoms with E-state index in [4.69, 9.17) is 15.2 Å². The predicted molar refractivity (Wildman–Crippen MR) is 77.1 cm³/mol. The van der Waals surface area contributed by atoms with Crippen LogP contribution < -0.4 is 15.2 Å². The van der Waals surface area contributed by atoms with Gasteiger partial charge in [-0.1, -0.05) is 6.07 Å². The van der Waals surface area contributed by atoms with E-state index in [1.807, 2.05) is 0 Å². The highest BCUT2D eigenvalue weighted by Gasteiger charge is 2.17. The minimum absolute atomic E-state index is 0.0898. The molecular weight excluding hydrogens is 302 g/mol. The lowest BCUT2D eigenvalue weighted by molar-refractivity contribution is 0.174. The first kappa shape index (κ1) is 15.3. The molecule has 6 nitrogen and oxygen atoms in total. The Kier molecular flexibility index (Phi) is 4.66. The van der Waals surface area contributed by atoms with Gasteiger partial charge < -0.3 is 15.2 Å². The van der Waals surface area contributed by atoms with E-state index in [0.29, 0.717) is 11.5 Å². The summed E-state index contributed by atoms with van der Waals surface area (Å²) < 4.78 is 44.3. The van der Waals surface area contributed by atoms with Crippen LogP contribution >= 0.6 is 0 Å². The average Bonchev–Trinajstić information content (AvgIpc) is 2.82. The van der Waals surface area contributed by atoms with Crippen molar-refractivity contribution in [1.29, 1.82) is 0 Å². The Balaban J connectivity index is 1.94. The molecule has 0 bridgehead atoms. The maximum Gasteiger partial charge on any atom is 0.231 e. The molecule has 2 unspecified atom stereocenters. The highest BCUT2D eigenvalue weighted by atomic mass is 32.2. The quantitative estimate of drug-likeness (QED) is 0.805. The molecule has 2 atom stereocenters. The minimum atomic E-state index is -3.10. The van der Waals surface area contributed by atoms with E-state index in [9.17, 15) is 12.6 Å². The molecule has 0 aromatic heterocycles. The van der Waals surface area contributed by atoms with Crippen molar-refractivity contribution in [3.8, 4) is 11.5 Å². The lowest BCUT2D eigenvalue weighted by Gasteiger charge is -2.12. The largest absolute Gasteiger partial charge is 0.454 e. The van der Waals surface area contributed by atoms with Crippen LogP contribution in [-0.4, -0.2) is 42.9 Å². The monoisotopic (exact) mass is 319 g/mol. The van der Waals surface area contributed by atoms with Gasteiger partial charge in [-0.3, -0.25) is 4.21 Å². The van der Waals surface area contributed by atoms with Crippen LogP contribution in [-0.2, 0) is 20.6 Å². The third-order valence-corrected chi connectivity index (χ3v) is 5.47. The van der Waals surface area contributed by atoms with Crippen LogP contribution in [0.25, 0.3) is 0 Å². The van der Waals surface area contributed by atoms with Gasteiger partial charge in [-0.2, -0.15) is 0 Å². The number of benzene rings is 1. The van der Waals surface area contributed by atoms with Crippen LogP contribution in [0, 0.1) is 0 Å². The van der Waals surface area contributed by atoms with Gasteiger partial charge in [0.15, 0.2) is 11.5 Å². The van der Waals surface area contributed by atoms with Crippen LogP contribution in [0.15, 0.2) is 18.2 Å². The molecule has 8 heteroatoms. The van der Waals surface area contributed by atoms with Gasteiger partial charge >= 0.3 is 0 Å². The van der Waals surface area contributed by atoms with E-state index < -0.39 is 26.7 Å². The zero-order chi connectivity index (χ0) is 14.8. The minimum Gasteiger partial charge on any atom is -0.454 e. The molecule has 0 fully saturated rings. The molecule has 1 heterocycles. The maximum atomic E-state index is 11.8. The number of nitrogens with two attached hydrogens (primary N) is 1. The van der Waals surface area contributed by atoms with Crippen molar-refractivity contribution in [2.24, 2.45) is 5.73 Å². The third kappa shape index (κ3) is 4.19. The Morgan fingerprint density at radius 3 is 2.75 bits per heavy atom. The van der Waals surface area contributed by atoms with Crippen molar-refractivity contribution in [2.45, 2.75) is 6.04 Å². The van der Waals surface area contributed by atoms with E-state index in [0.717, 1.165) is 11.8 Å². The zero-order valence-electron chi connectivity index (χ0n) is 11.1. The normalized spacial score (nSPS) is 16.9. The average molecular weight is 319 g/mol. The summed E-state index contributed by atoms with van der Waals surface area (Å²) in [7, 11) is -4.37. The fraction of sp³-hybridized carbons (Fsp3) is 0.500. The Hall–Kier alpha value is -1.12. The highest BCUT2D eigenvalue weighted by molar-refractivity contribution is 7.92. The molecule has 1 aromatic carbocycles. The van der Waals surface area contributed by atoms with E-state index in [1.165, 1.54) is 0 Å². The Labute approximate surface area is 120 Å². The summed E-state index contributed by atoms with van der Waals surface area (Å²) >= 11 is 0. The van der Waals surface area contributed by atoms with Gasteiger partial charge in [0.25, 0.3) is 0 Å². The molecule has 1 aliphatic rings. The van der Waals surface area contributed by atoms with Crippen LogP contribution in [0.4, 0.5) is 0 Å². The molecule has 2 N–H and O–H groups in total. The molecule has 0 saturated heterocycles. The van der Waals surface area contributed by atoms with E-state index >= 15 is 0 Å². The fourth-order valence-electron chi connectivity index (χ4n) is 1.77. The van der Waals surface area contributed by atoms with Crippen molar-refractivity contribution in [2.75, 3.05) is 30.3 Å². The number of fused-ring (bicyclic) bond motifs is 1. The second-order valence-electron chi connectivity index (χ2n) is 4.66. The smallest absolute Gasteiger partial charge is 0.231 e. The number of rotatable bonds is 6. The lowest BCUT2D eigenvalue weighted by Crippen LogP contribution is -2.22. The van der Waals surface area contributed by atoms with E-state index in [2.05, 4.69) is 0 Å². The number of ether oxygens (including phenoxy) is 2. The van der Waals surface area contributed by atoms with Gasteiger partial charge in [-0.25, -0.2) is 8.42 Å². The summed E-state index contributed by atoms with van der Waals surface area (Å²) in [5, 5.41) is 0. The third-order valence-electron chi connectivity index (χ3n) is 2.87. The van der Waals surface area contributed by atoms with E-state index in [-0.39, 0.29) is 24.1 Å². The number of hydrogen-bond acceptors (Lipinski definition) is 6. The summed E-state index contributed by atoms with van der Waals surface area (Å²) in [5.41, 5.74) is 6.78. The standard InChI is InChI=1S/C12H17NO5S2/c1-20(15,16)5-4-19(14)7-10(13)9-2-3-11-12(6-9)18-8-17-11/h2-3,6,10H,4-5,7-8,13H2,1H3. The highest BCUT2D eigenvalue weighted by Crippen LogP contribution is 2.33. The molecule has 20 heavy (non-hydrogen) atoms. The molecular formula is C12H17NO5S2. The van der Waals surface area contributed by atoms with Gasteiger partial charge in [-0.15, -0.1) is 0 Å². The Morgan fingerprint density at radius 1 is 1.35 bits per heavy atom. The Morgan fingerprint density at radius 2 is 2.05 bits per heavy atom. The van der Waals surface area contributed by atoms with Gasteiger partial charge in [0.2, 0.25) is 6.79 Å². The van der Waals surface area contributed by atoms with Crippen molar-refractivity contribution in [1.82, 2.24) is 0 Å². The SMILES string of the molecule is CS(=O)(=O)CCS(=O)CC(N)c1ccc2c(c1)OCO2. The molecule has 1 aliphatic heterocycles. The number of sulfone groups is 1. The van der Waals surface area contributed by atoms with Gasteiger partial charge in [-0.05, 0) is 17.7 Å². The zero-order valence-corrected chi connectivity index (χ0v) is 12.7. The second-order valence-corrected chi connectivity index (χ2v) is 8.54. The molecule has 112 valence electrons. The molecule has 2 rings (SSSR count). The summed E-state index contributed by atoms with van der Waals surface area (Å²) in [4.78, 5) is 0. The first-order valence-corrected chi connectivity index (χ1v) is 9.58. The second kappa shape index (κ2) is 6.11. The lowest BCUT2D eigenvalue weighted by atomic mass is 10.1. The molecule has 1 aromatic rings. The summed E-state index contributed by atoms with van der Waals surface area (Å²) in [6.07, 6.45) is 1.13. The van der Waals surface area contributed by atoms with Crippen molar-refractivity contribution in [3.63, 3.8) is 0 Å². The molecule has 0 spiro atoms. The molecule has 0 amide bonds. The van der Waals surface area contributed by atoms with Gasteiger partial charge in [0.1, 0.15) is 9.84 Å². The molecule has 0 aliphatic carbocycles. The van der Waals surface area contributed by atoms with Crippen molar-refractivity contribution >= 4 is 20.6 Å². The topological polar surface area (TPSA) is 95.7 Å². The van der Waals surface area contributed by atoms with E-state index in [1.54, 1.807) is 18.2 Å². The van der Waals surface area contributed by atoms with Crippen LogP contribution in [0.5, 0.6) is 11.5 Å². The predicted octanol–water partition coefficient (Wildman–Crippen LogP) is 0.208. The van der Waals surface area contributed by atoms with Crippen LogP contribution in [0.2, 0.25) is 0 Å². The fourth-order valence-corrected chi connectivity index (χ4v) is 4.48. The first-order valence-electron chi connectivity index (χ1n) is 6.03. The Bertz CT molecular complexity index is 614. The van der Waals surface area contributed by atoms with Crippen LogP contribution in [0.1, 0.15) is 11.6 Å². The van der Waals surface area contributed by atoms with Gasteiger partial charge in [0, 0.05) is 34.6 Å². The summed E-state index contributed by atoms with van der Waals surface area (Å²) in [6.45, 7) is 0.189. The van der Waals surface area contributed by atoms with Gasteiger partial charge in [0.05, 0.1) is 5.75 Å². The van der Waals surface area contributed by atoms with Crippen LogP contribution in [0.3, 0.4) is 0 Å². The summed E-state index contributed by atoms with van der Waals surface area (Å²) in [5.74, 6) is 1.53. The number of hydrogen-bond donors (Lipinski definition) is 1. The molecule has 0 saturated carbocycles. The molecule has 0 radical (unpaired) electrons. The van der Waals surface area contributed by atoms with Crippen molar-refractivity contribution < 1.29 is 22.1 Å². The summed E-state index contributed by atoms with van der Waals surface area (Å²) in [6, 6.07) is 4.90. The first-order chi connectivity index (χ1) is 9.35. The van der Waals surface area contributed by atoms with Crippen molar-refractivity contribution in [3.05, 3.63) is 23.8 Å². The maximum absolute atomic E-state index is 11.8.